The number of pyridine rings is 1. The third kappa shape index (κ3) is 3.68. The topological polar surface area (TPSA) is 77.0 Å². The molecular weight excluding hydrogens is 350 g/mol. The average molecular weight is 375 g/mol. The Kier molecular flexibility index (Phi) is 5.21. The first-order chi connectivity index (χ1) is 13.6. The highest BCUT2D eigenvalue weighted by Crippen LogP contribution is 2.28. The van der Waals surface area contributed by atoms with Gasteiger partial charge in [-0.15, -0.1) is 0 Å². The Bertz CT molecular complexity index is 952. The van der Waals surface area contributed by atoms with Crippen LogP contribution in [-0.4, -0.2) is 44.7 Å². The Morgan fingerprint density at radius 2 is 1.82 bits per heavy atom. The van der Waals surface area contributed by atoms with Crippen LogP contribution in [0, 0.1) is 0 Å². The number of fused-ring (bicyclic) bond motifs is 1. The molecule has 2 aromatic heterocycles. The molecule has 0 saturated carbocycles. The van der Waals surface area contributed by atoms with Gasteiger partial charge < -0.3 is 10.6 Å². The number of aryl methyl sites for hydroxylation is 1. The summed E-state index contributed by atoms with van der Waals surface area (Å²) in [5.41, 5.74) is 11.9. The standard InChI is InChI=1S/C22H25N5O/c1-26-20-10-14-27(22(28)19(23)15-16-7-11-24-12-8-16)13-9-18(20)21(25-26)17-5-3-2-4-6-17/h2-8,11-12,19H,9-10,13-15,23H2,1H3/t19-/m1/s1. The van der Waals surface area contributed by atoms with Gasteiger partial charge in [0.15, 0.2) is 0 Å². The molecule has 0 radical (unpaired) electrons. The molecule has 0 spiro atoms. The lowest BCUT2D eigenvalue weighted by molar-refractivity contribution is -0.132. The van der Waals surface area contributed by atoms with Crippen molar-refractivity contribution < 1.29 is 4.79 Å². The largest absolute Gasteiger partial charge is 0.341 e. The predicted molar refractivity (Wildman–Crippen MR) is 109 cm³/mol. The zero-order valence-electron chi connectivity index (χ0n) is 16.1. The summed E-state index contributed by atoms with van der Waals surface area (Å²) in [5, 5.41) is 4.75. The van der Waals surface area contributed by atoms with Gasteiger partial charge >= 0.3 is 0 Å². The molecule has 0 fully saturated rings. The molecule has 1 aromatic carbocycles. The van der Waals surface area contributed by atoms with E-state index in [1.54, 1.807) is 12.4 Å². The van der Waals surface area contributed by atoms with Crippen molar-refractivity contribution in [2.75, 3.05) is 13.1 Å². The van der Waals surface area contributed by atoms with E-state index in [1.807, 2.05) is 47.0 Å². The van der Waals surface area contributed by atoms with Gasteiger partial charge in [-0.05, 0) is 30.5 Å². The van der Waals surface area contributed by atoms with Crippen molar-refractivity contribution >= 4 is 5.91 Å². The summed E-state index contributed by atoms with van der Waals surface area (Å²) in [6.45, 7) is 1.34. The van der Waals surface area contributed by atoms with Crippen LogP contribution in [0.25, 0.3) is 11.3 Å². The highest BCUT2D eigenvalue weighted by Gasteiger charge is 2.27. The van der Waals surface area contributed by atoms with Crippen LogP contribution in [0.2, 0.25) is 0 Å². The van der Waals surface area contributed by atoms with E-state index in [0.29, 0.717) is 19.5 Å². The molecule has 1 atom stereocenters. The molecule has 0 aliphatic carbocycles. The van der Waals surface area contributed by atoms with Crippen molar-refractivity contribution in [3.8, 4) is 11.3 Å². The van der Waals surface area contributed by atoms with Crippen molar-refractivity contribution in [1.82, 2.24) is 19.7 Å². The number of hydrogen-bond donors (Lipinski definition) is 1. The Balaban J connectivity index is 1.49. The Morgan fingerprint density at radius 1 is 1.11 bits per heavy atom. The molecule has 6 heteroatoms. The Morgan fingerprint density at radius 3 is 2.57 bits per heavy atom. The number of carbonyl (C=O) groups excluding carboxylic acids is 1. The minimum Gasteiger partial charge on any atom is -0.341 e. The van der Waals surface area contributed by atoms with Crippen LogP contribution < -0.4 is 5.73 Å². The SMILES string of the molecule is Cn1nc(-c2ccccc2)c2c1CCN(C(=O)[C@H](N)Cc1ccncc1)CC2. The zero-order chi connectivity index (χ0) is 19.5. The minimum absolute atomic E-state index is 0.0128. The van der Waals surface area contributed by atoms with Gasteiger partial charge in [0.25, 0.3) is 0 Å². The fourth-order valence-corrected chi connectivity index (χ4v) is 3.92. The molecule has 3 aromatic rings. The summed E-state index contributed by atoms with van der Waals surface area (Å²) in [5.74, 6) is 0.0128. The number of rotatable bonds is 4. The van der Waals surface area contributed by atoms with E-state index < -0.39 is 6.04 Å². The minimum atomic E-state index is -0.532. The van der Waals surface area contributed by atoms with Gasteiger partial charge in [0.2, 0.25) is 5.91 Å². The predicted octanol–water partition coefficient (Wildman–Crippen LogP) is 1.98. The van der Waals surface area contributed by atoms with Crippen LogP contribution in [0.5, 0.6) is 0 Å². The maximum absolute atomic E-state index is 12.9. The third-order valence-corrected chi connectivity index (χ3v) is 5.41. The van der Waals surface area contributed by atoms with Gasteiger partial charge in [0.05, 0.1) is 11.7 Å². The van der Waals surface area contributed by atoms with Gasteiger partial charge in [0.1, 0.15) is 0 Å². The summed E-state index contributed by atoms with van der Waals surface area (Å²) >= 11 is 0. The first-order valence-electron chi connectivity index (χ1n) is 9.67. The summed E-state index contributed by atoms with van der Waals surface area (Å²) in [4.78, 5) is 18.8. The fraction of sp³-hybridized carbons (Fsp3) is 0.318. The lowest BCUT2D eigenvalue weighted by Crippen LogP contribution is -2.46. The van der Waals surface area contributed by atoms with Crippen LogP contribution in [0.1, 0.15) is 16.8 Å². The monoisotopic (exact) mass is 375 g/mol. The van der Waals surface area contributed by atoms with Crippen LogP contribution in [0.3, 0.4) is 0 Å². The summed E-state index contributed by atoms with van der Waals surface area (Å²) in [6.07, 6.45) is 5.57. The number of amides is 1. The van der Waals surface area contributed by atoms with E-state index in [9.17, 15) is 4.79 Å². The first kappa shape index (κ1) is 18.4. The number of aromatic nitrogens is 3. The number of carbonyl (C=O) groups is 1. The van der Waals surface area contributed by atoms with Crippen LogP contribution in [-0.2, 0) is 31.1 Å². The van der Waals surface area contributed by atoms with Crippen LogP contribution in [0.15, 0.2) is 54.9 Å². The fourth-order valence-electron chi connectivity index (χ4n) is 3.92. The highest BCUT2D eigenvalue weighted by molar-refractivity contribution is 5.82. The summed E-state index contributed by atoms with van der Waals surface area (Å²) < 4.78 is 1.96. The van der Waals surface area contributed by atoms with Crippen molar-refractivity contribution in [1.29, 1.82) is 0 Å². The van der Waals surface area contributed by atoms with Crippen molar-refractivity contribution in [2.24, 2.45) is 12.8 Å². The molecule has 28 heavy (non-hydrogen) atoms. The Labute approximate surface area is 165 Å². The van der Waals surface area contributed by atoms with E-state index in [0.717, 1.165) is 29.7 Å². The molecule has 3 heterocycles. The van der Waals surface area contributed by atoms with Gasteiger partial charge in [-0.2, -0.15) is 5.10 Å². The average Bonchev–Trinajstić information content (AvgIpc) is 2.90. The second-order valence-corrected chi connectivity index (χ2v) is 7.25. The van der Waals surface area contributed by atoms with Crippen LogP contribution >= 0.6 is 0 Å². The summed E-state index contributed by atoms with van der Waals surface area (Å²) in [6, 6.07) is 13.5. The molecule has 0 saturated heterocycles. The number of nitrogens with two attached hydrogens (primary N) is 1. The zero-order valence-corrected chi connectivity index (χ0v) is 16.1. The Hall–Kier alpha value is -2.99. The molecule has 0 unspecified atom stereocenters. The highest BCUT2D eigenvalue weighted by atomic mass is 16.2. The second-order valence-electron chi connectivity index (χ2n) is 7.25. The first-order valence-corrected chi connectivity index (χ1v) is 9.67. The van der Waals surface area contributed by atoms with Gasteiger partial charge in [-0.3, -0.25) is 14.5 Å². The lowest BCUT2D eigenvalue weighted by Gasteiger charge is -2.24. The van der Waals surface area contributed by atoms with Gasteiger partial charge in [-0.25, -0.2) is 0 Å². The van der Waals surface area contributed by atoms with E-state index in [-0.39, 0.29) is 5.91 Å². The van der Waals surface area contributed by atoms with Crippen molar-refractivity contribution in [3.63, 3.8) is 0 Å². The number of benzene rings is 1. The quantitative estimate of drug-likeness (QED) is 0.756. The maximum Gasteiger partial charge on any atom is 0.239 e. The molecule has 1 amide bonds. The molecule has 6 nitrogen and oxygen atoms in total. The van der Waals surface area contributed by atoms with E-state index in [2.05, 4.69) is 17.1 Å². The lowest BCUT2D eigenvalue weighted by atomic mass is 10.0. The van der Waals surface area contributed by atoms with E-state index >= 15 is 0 Å². The van der Waals surface area contributed by atoms with Crippen molar-refractivity contribution in [2.45, 2.75) is 25.3 Å². The van der Waals surface area contributed by atoms with Crippen molar-refractivity contribution in [3.05, 3.63) is 71.7 Å². The molecule has 1 aliphatic rings. The number of hydrogen-bond acceptors (Lipinski definition) is 4. The smallest absolute Gasteiger partial charge is 0.239 e. The summed E-state index contributed by atoms with van der Waals surface area (Å²) in [7, 11) is 1.98. The molecule has 0 bridgehead atoms. The third-order valence-electron chi connectivity index (χ3n) is 5.41. The molecular formula is C22H25N5O. The molecule has 4 rings (SSSR count). The normalized spacial score (nSPS) is 15.0. The maximum atomic E-state index is 12.9. The van der Waals surface area contributed by atoms with E-state index in [1.165, 1.54) is 11.3 Å². The number of nitrogens with zero attached hydrogens (tertiary/aromatic N) is 4. The second kappa shape index (κ2) is 7.94. The molecule has 1 aliphatic heterocycles. The van der Waals surface area contributed by atoms with Crippen LogP contribution in [0.4, 0.5) is 0 Å². The van der Waals surface area contributed by atoms with E-state index in [4.69, 9.17) is 10.8 Å². The van der Waals surface area contributed by atoms with Gasteiger partial charge in [-0.1, -0.05) is 30.3 Å². The molecule has 144 valence electrons. The van der Waals surface area contributed by atoms with Gasteiger partial charge in [0, 0.05) is 55.8 Å². The molecule has 2 N–H and O–H groups in total.